The van der Waals surface area contributed by atoms with Gasteiger partial charge < -0.3 is 15.7 Å². The summed E-state index contributed by atoms with van der Waals surface area (Å²) in [5, 5.41) is 9.87. The average molecular weight is 226 g/mol. The molecule has 0 bridgehead atoms. The number of nitrogens with zero attached hydrogens (tertiary/aromatic N) is 1. The van der Waals surface area contributed by atoms with Crippen molar-refractivity contribution < 1.29 is 9.90 Å². The van der Waals surface area contributed by atoms with Crippen molar-refractivity contribution in [3.63, 3.8) is 0 Å². The maximum atomic E-state index is 12.3. The van der Waals surface area contributed by atoms with E-state index in [4.69, 9.17) is 5.73 Å². The van der Waals surface area contributed by atoms with E-state index >= 15 is 0 Å². The van der Waals surface area contributed by atoms with Gasteiger partial charge in [-0.2, -0.15) is 0 Å². The Bertz CT molecular complexity index is 295. The molecule has 0 aromatic rings. The van der Waals surface area contributed by atoms with Gasteiger partial charge in [-0.05, 0) is 32.1 Å². The fourth-order valence-electron chi connectivity index (χ4n) is 3.16. The van der Waals surface area contributed by atoms with E-state index in [-0.39, 0.29) is 11.3 Å². The van der Waals surface area contributed by atoms with Crippen molar-refractivity contribution in [1.82, 2.24) is 4.90 Å². The molecule has 0 aromatic carbocycles. The summed E-state index contributed by atoms with van der Waals surface area (Å²) in [6.45, 7) is 5.51. The topological polar surface area (TPSA) is 66.6 Å². The number of β-amino-alcohol motifs (C(OH)–C–C–N with tert-alkyl or cyclic N) is 1. The molecule has 4 heteroatoms. The monoisotopic (exact) mass is 226 g/mol. The molecule has 2 rings (SSSR count). The lowest BCUT2D eigenvalue weighted by atomic mass is 9.62. The standard InChI is InChI=1S/C12H22N2O2/c1-9-5-12(6-9,7-13)10(15)14-4-3-11(2,16)8-14/h9,16H,3-8,13H2,1-2H3. The van der Waals surface area contributed by atoms with Gasteiger partial charge in [0, 0.05) is 19.6 Å². The van der Waals surface area contributed by atoms with Gasteiger partial charge in [-0.3, -0.25) is 4.79 Å². The number of carbonyl (C=O) groups excluding carboxylic acids is 1. The quantitative estimate of drug-likeness (QED) is 0.714. The van der Waals surface area contributed by atoms with Crippen LogP contribution in [-0.2, 0) is 4.79 Å². The second-order valence-electron chi connectivity index (χ2n) is 5.97. The van der Waals surface area contributed by atoms with E-state index in [1.807, 2.05) is 0 Å². The van der Waals surface area contributed by atoms with Crippen molar-refractivity contribution in [3.05, 3.63) is 0 Å². The lowest BCUT2D eigenvalue weighted by Crippen LogP contribution is -2.54. The summed E-state index contributed by atoms with van der Waals surface area (Å²) in [7, 11) is 0. The molecule has 2 aliphatic rings. The maximum absolute atomic E-state index is 12.3. The molecule has 3 N–H and O–H groups in total. The van der Waals surface area contributed by atoms with Crippen molar-refractivity contribution in [3.8, 4) is 0 Å². The molecular formula is C12H22N2O2. The first kappa shape index (κ1) is 11.9. The Balaban J connectivity index is 2.03. The van der Waals surface area contributed by atoms with E-state index in [9.17, 15) is 9.90 Å². The van der Waals surface area contributed by atoms with Crippen LogP contribution in [0.1, 0.15) is 33.1 Å². The third-order valence-electron chi connectivity index (χ3n) is 4.06. The van der Waals surface area contributed by atoms with Gasteiger partial charge in [-0.15, -0.1) is 0 Å². The highest BCUT2D eigenvalue weighted by Crippen LogP contribution is 2.46. The first-order chi connectivity index (χ1) is 7.38. The van der Waals surface area contributed by atoms with E-state index in [0.717, 1.165) is 12.8 Å². The molecule has 1 amide bonds. The van der Waals surface area contributed by atoms with Gasteiger partial charge in [-0.25, -0.2) is 0 Å². The van der Waals surface area contributed by atoms with Gasteiger partial charge >= 0.3 is 0 Å². The number of hydrogen-bond acceptors (Lipinski definition) is 3. The minimum Gasteiger partial charge on any atom is -0.388 e. The van der Waals surface area contributed by atoms with Gasteiger partial charge in [0.1, 0.15) is 0 Å². The third kappa shape index (κ3) is 1.84. The number of carbonyl (C=O) groups is 1. The summed E-state index contributed by atoms with van der Waals surface area (Å²) in [6.07, 6.45) is 2.48. The van der Waals surface area contributed by atoms with E-state index < -0.39 is 5.60 Å². The van der Waals surface area contributed by atoms with E-state index in [2.05, 4.69) is 6.92 Å². The smallest absolute Gasteiger partial charge is 0.230 e. The maximum Gasteiger partial charge on any atom is 0.230 e. The Morgan fingerprint density at radius 2 is 2.19 bits per heavy atom. The molecule has 1 aliphatic heterocycles. The zero-order valence-corrected chi connectivity index (χ0v) is 10.2. The first-order valence-electron chi connectivity index (χ1n) is 6.10. The predicted molar refractivity (Wildman–Crippen MR) is 61.7 cm³/mol. The van der Waals surface area contributed by atoms with Crippen LogP contribution in [0, 0.1) is 11.3 Å². The Kier molecular flexibility index (Phi) is 2.75. The van der Waals surface area contributed by atoms with Gasteiger partial charge in [0.15, 0.2) is 0 Å². The molecule has 1 saturated heterocycles. The fourth-order valence-corrected chi connectivity index (χ4v) is 3.16. The zero-order chi connectivity index (χ0) is 12.0. The first-order valence-corrected chi connectivity index (χ1v) is 6.10. The summed E-state index contributed by atoms with van der Waals surface area (Å²) in [5.74, 6) is 0.765. The van der Waals surface area contributed by atoms with Gasteiger partial charge in [0.05, 0.1) is 11.0 Å². The number of hydrogen-bond donors (Lipinski definition) is 2. The minimum absolute atomic E-state index is 0.158. The molecule has 1 atom stereocenters. The van der Waals surface area contributed by atoms with Crippen LogP contribution in [0.5, 0.6) is 0 Å². The number of likely N-dealkylation sites (tertiary alicyclic amines) is 1. The van der Waals surface area contributed by atoms with Crippen molar-refractivity contribution in [1.29, 1.82) is 0 Å². The highest BCUT2D eigenvalue weighted by molar-refractivity contribution is 5.84. The van der Waals surface area contributed by atoms with Crippen molar-refractivity contribution in [2.24, 2.45) is 17.1 Å². The van der Waals surface area contributed by atoms with Crippen molar-refractivity contribution in [2.45, 2.75) is 38.7 Å². The van der Waals surface area contributed by atoms with Crippen LogP contribution < -0.4 is 5.73 Å². The lowest BCUT2D eigenvalue weighted by Gasteiger charge is -2.46. The third-order valence-corrected chi connectivity index (χ3v) is 4.06. The zero-order valence-electron chi connectivity index (χ0n) is 10.2. The van der Waals surface area contributed by atoms with Crippen LogP contribution in [0.2, 0.25) is 0 Å². The Hall–Kier alpha value is -0.610. The van der Waals surface area contributed by atoms with Gasteiger partial charge in [-0.1, -0.05) is 6.92 Å². The molecule has 1 unspecified atom stereocenters. The van der Waals surface area contributed by atoms with Crippen molar-refractivity contribution in [2.75, 3.05) is 19.6 Å². The van der Waals surface area contributed by atoms with Crippen LogP contribution >= 0.6 is 0 Å². The molecule has 0 spiro atoms. The Labute approximate surface area is 96.8 Å². The van der Waals surface area contributed by atoms with E-state index in [1.54, 1.807) is 11.8 Å². The molecule has 0 radical (unpaired) electrons. The highest BCUT2D eigenvalue weighted by atomic mass is 16.3. The molecule has 16 heavy (non-hydrogen) atoms. The SMILES string of the molecule is CC1CC(CN)(C(=O)N2CCC(C)(O)C2)C1. The Morgan fingerprint density at radius 3 is 2.56 bits per heavy atom. The predicted octanol–water partition coefficient (Wildman–Crippen LogP) is 0.345. The van der Waals surface area contributed by atoms with Crippen LogP contribution in [0.4, 0.5) is 0 Å². The highest BCUT2D eigenvalue weighted by Gasteiger charge is 2.50. The molecule has 4 nitrogen and oxygen atoms in total. The van der Waals surface area contributed by atoms with Gasteiger partial charge in [0.2, 0.25) is 5.91 Å². The number of rotatable bonds is 2. The number of amides is 1. The molecular weight excluding hydrogens is 204 g/mol. The summed E-state index contributed by atoms with van der Waals surface area (Å²) in [4.78, 5) is 14.1. The summed E-state index contributed by atoms with van der Waals surface area (Å²) in [6, 6.07) is 0. The molecule has 2 fully saturated rings. The second kappa shape index (κ2) is 3.70. The summed E-state index contributed by atoms with van der Waals surface area (Å²) >= 11 is 0. The summed E-state index contributed by atoms with van der Waals surface area (Å²) in [5.41, 5.74) is 4.73. The number of nitrogens with two attached hydrogens (primary N) is 1. The van der Waals surface area contributed by atoms with Crippen LogP contribution in [0.25, 0.3) is 0 Å². The number of aliphatic hydroxyl groups is 1. The fraction of sp³-hybridized carbons (Fsp3) is 0.917. The van der Waals surface area contributed by atoms with Crippen LogP contribution in [0.3, 0.4) is 0 Å². The second-order valence-corrected chi connectivity index (χ2v) is 5.97. The largest absolute Gasteiger partial charge is 0.388 e. The average Bonchev–Trinajstić information content (AvgIpc) is 2.52. The summed E-state index contributed by atoms with van der Waals surface area (Å²) < 4.78 is 0. The normalized spacial score (nSPS) is 43.2. The van der Waals surface area contributed by atoms with E-state index in [0.29, 0.717) is 32.0 Å². The Morgan fingerprint density at radius 1 is 1.56 bits per heavy atom. The lowest BCUT2D eigenvalue weighted by molar-refractivity contribution is -0.149. The molecule has 1 heterocycles. The molecule has 92 valence electrons. The van der Waals surface area contributed by atoms with Gasteiger partial charge in [0.25, 0.3) is 0 Å². The molecule has 1 aliphatic carbocycles. The molecule has 1 saturated carbocycles. The van der Waals surface area contributed by atoms with Crippen LogP contribution in [-0.4, -0.2) is 41.1 Å². The minimum atomic E-state index is -0.708. The van der Waals surface area contributed by atoms with Crippen LogP contribution in [0.15, 0.2) is 0 Å². The van der Waals surface area contributed by atoms with Crippen molar-refractivity contribution >= 4 is 5.91 Å². The van der Waals surface area contributed by atoms with E-state index in [1.165, 1.54) is 0 Å². The molecule has 0 aromatic heterocycles.